The number of amides is 1. The molecule has 1 N–H and O–H groups in total. The molecule has 0 radical (unpaired) electrons. The summed E-state index contributed by atoms with van der Waals surface area (Å²) in [5.41, 5.74) is 0.193. The molecule has 0 aliphatic carbocycles. The number of benzene rings is 1. The van der Waals surface area contributed by atoms with Crippen molar-refractivity contribution in [3.05, 3.63) is 29.3 Å². The number of carbonyl (C=O) groups excluding carboxylic acids is 1. The van der Waals surface area contributed by atoms with Crippen LogP contribution >= 0.6 is 0 Å². The quantitative estimate of drug-likeness (QED) is 0.571. The van der Waals surface area contributed by atoms with Gasteiger partial charge in [0.2, 0.25) is 0 Å². The Bertz CT molecular complexity index is 898. The van der Waals surface area contributed by atoms with Crippen LogP contribution in [0.3, 0.4) is 0 Å². The molecule has 2 aliphatic rings. The zero-order chi connectivity index (χ0) is 26.9. The van der Waals surface area contributed by atoms with Gasteiger partial charge >= 0.3 is 24.6 Å². The van der Waals surface area contributed by atoms with Gasteiger partial charge in [-0.2, -0.15) is 39.5 Å². The molecule has 15 heteroatoms. The zero-order valence-corrected chi connectivity index (χ0v) is 19.1. The maximum Gasteiger partial charge on any atom is 0.434 e. The largest absolute Gasteiger partial charge is 0.434 e. The minimum atomic E-state index is -5.81. The van der Waals surface area contributed by atoms with Crippen molar-refractivity contribution >= 4 is 11.8 Å². The number of hydrogen-bond acceptors (Lipinski definition) is 5. The van der Waals surface area contributed by atoms with E-state index >= 15 is 0 Å². The number of carbonyl (C=O) groups is 1. The average Bonchev–Trinajstić information content (AvgIpc) is 3.25. The van der Waals surface area contributed by atoms with Crippen LogP contribution in [0.4, 0.5) is 50.0 Å². The van der Waals surface area contributed by atoms with Gasteiger partial charge in [0.15, 0.2) is 0 Å². The molecule has 0 bridgehead atoms. The maximum atomic E-state index is 13.3. The summed E-state index contributed by atoms with van der Waals surface area (Å²) in [7, 11) is 1.76. The Hall–Kier alpha value is -2.42. The van der Waals surface area contributed by atoms with E-state index in [1.807, 2.05) is 4.90 Å². The topological polar surface area (TPSA) is 48.0 Å². The summed E-state index contributed by atoms with van der Waals surface area (Å²) in [6, 6.07) is 3.52. The highest BCUT2D eigenvalue weighted by atomic mass is 19.4. The van der Waals surface area contributed by atoms with Crippen LogP contribution in [0.1, 0.15) is 17.5 Å². The number of nitrogens with zero attached hydrogens (tertiary/aromatic N) is 3. The Morgan fingerprint density at radius 1 is 1.00 bits per heavy atom. The normalized spacial score (nSPS) is 20.4. The number of ether oxygens (including phenoxy) is 1. The smallest absolute Gasteiger partial charge is 0.426 e. The predicted octanol–water partition coefficient (Wildman–Crippen LogP) is 4.25. The first-order chi connectivity index (χ1) is 16.6. The van der Waals surface area contributed by atoms with Gasteiger partial charge in [-0.25, -0.2) is 4.79 Å². The molecular formula is C21H25F9N4O2. The van der Waals surface area contributed by atoms with Gasteiger partial charge < -0.3 is 19.9 Å². The Labute approximate surface area is 200 Å². The molecule has 1 aromatic rings. The highest BCUT2D eigenvalue weighted by Crippen LogP contribution is 2.37. The third kappa shape index (κ3) is 6.87. The number of nitrogens with one attached hydrogen (secondary N) is 1. The van der Waals surface area contributed by atoms with Crippen molar-refractivity contribution in [3.63, 3.8) is 0 Å². The lowest BCUT2D eigenvalue weighted by atomic mass is 10.1. The van der Waals surface area contributed by atoms with Gasteiger partial charge in [-0.15, -0.1) is 0 Å². The van der Waals surface area contributed by atoms with E-state index in [4.69, 9.17) is 0 Å². The van der Waals surface area contributed by atoms with Crippen molar-refractivity contribution in [2.24, 2.45) is 0 Å². The second-order valence-electron chi connectivity index (χ2n) is 8.67. The molecule has 6 nitrogen and oxygen atoms in total. The van der Waals surface area contributed by atoms with Gasteiger partial charge in [-0.3, -0.25) is 4.90 Å². The van der Waals surface area contributed by atoms with Crippen molar-refractivity contribution in [1.29, 1.82) is 0 Å². The van der Waals surface area contributed by atoms with Crippen LogP contribution in [0, 0.1) is 0 Å². The number of hydrogen-bond donors (Lipinski definition) is 1. The minimum absolute atomic E-state index is 0.0808. The van der Waals surface area contributed by atoms with E-state index in [-0.39, 0.29) is 38.8 Å². The zero-order valence-electron chi connectivity index (χ0n) is 19.1. The van der Waals surface area contributed by atoms with E-state index < -0.39 is 36.3 Å². The van der Waals surface area contributed by atoms with Crippen LogP contribution < -0.4 is 10.2 Å². The van der Waals surface area contributed by atoms with Crippen LogP contribution in [-0.4, -0.2) is 86.7 Å². The number of piperazine rings is 1. The predicted molar refractivity (Wildman–Crippen MR) is 110 cm³/mol. The summed E-state index contributed by atoms with van der Waals surface area (Å²) in [6.45, 7) is 0.980. The summed E-state index contributed by atoms with van der Waals surface area (Å²) >= 11 is 0. The van der Waals surface area contributed by atoms with Crippen molar-refractivity contribution in [2.75, 3.05) is 51.2 Å². The van der Waals surface area contributed by atoms with Gasteiger partial charge in [-0.05, 0) is 31.2 Å². The van der Waals surface area contributed by atoms with Gasteiger partial charge in [0, 0.05) is 57.5 Å². The molecule has 1 unspecified atom stereocenters. The van der Waals surface area contributed by atoms with E-state index in [0.717, 1.165) is 23.5 Å². The number of alkyl halides is 9. The molecule has 2 saturated heterocycles. The minimum Gasteiger partial charge on any atom is -0.426 e. The third-order valence-corrected chi connectivity index (χ3v) is 6.19. The molecule has 2 fully saturated rings. The van der Waals surface area contributed by atoms with E-state index in [2.05, 4.69) is 10.1 Å². The Kier molecular flexibility index (Phi) is 8.23. The maximum absolute atomic E-state index is 13.3. The summed E-state index contributed by atoms with van der Waals surface area (Å²) < 4.78 is 120. The second kappa shape index (κ2) is 10.5. The summed E-state index contributed by atoms with van der Waals surface area (Å²) in [5.74, 6) is 0. The van der Waals surface area contributed by atoms with Crippen molar-refractivity contribution in [1.82, 2.24) is 15.1 Å². The molecule has 204 valence electrons. The monoisotopic (exact) mass is 536 g/mol. The molecule has 1 aromatic carbocycles. The highest BCUT2D eigenvalue weighted by Gasteiger charge is 2.60. The van der Waals surface area contributed by atoms with Crippen LogP contribution in [0.15, 0.2) is 18.2 Å². The molecular weight excluding hydrogens is 511 g/mol. The van der Waals surface area contributed by atoms with Crippen LogP contribution in [0.2, 0.25) is 0 Å². The third-order valence-electron chi connectivity index (χ3n) is 6.19. The molecule has 1 atom stereocenters. The lowest BCUT2D eigenvalue weighted by Gasteiger charge is -2.36. The Balaban J connectivity index is 1.67. The second-order valence-corrected chi connectivity index (χ2v) is 8.67. The summed E-state index contributed by atoms with van der Waals surface area (Å²) in [6.07, 6.45) is -21.4. The lowest BCUT2D eigenvalue weighted by Crippen LogP contribution is -2.52. The highest BCUT2D eigenvalue weighted by molar-refractivity contribution is 5.68. The van der Waals surface area contributed by atoms with Gasteiger partial charge in [-0.1, -0.05) is 6.07 Å². The van der Waals surface area contributed by atoms with Crippen LogP contribution in [0.5, 0.6) is 0 Å². The van der Waals surface area contributed by atoms with E-state index in [0.29, 0.717) is 24.3 Å². The Morgan fingerprint density at radius 3 is 2.11 bits per heavy atom. The molecule has 0 aromatic heterocycles. The van der Waals surface area contributed by atoms with E-state index in [1.165, 1.54) is 6.07 Å². The number of rotatable bonds is 5. The Morgan fingerprint density at radius 2 is 1.61 bits per heavy atom. The fourth-order valence-corrected chi connectivity index (χ4v) is 4.21. The van der Waals surface area contributed by atoms with Crippen molar-refractivity contribution < 1.29 is 49.0 Å². The lowest BCUT2D eigenvalue weighted by molar-refractivity contribution is -0.308. The SMILES string of the molecule is CNC1CCN(c2cc(C(F)(F)F)ccc2CN2CCN(C(=O)OC(C(F)(F)F)C(F)(F)F)CC2)C1. The fraction of sp³-hybridized carbons (Fsp3) is 0.667. The molecule has 1 amide bonds. The first kappa shape index (κ1) is 28.2. The summed E-state index contributed by atoms with van der Waals surface area (Å²) in [5, 5.41) is 3.09. The number of likely N-dealkylation sites (N-methyl/N-ethyl adjacent to an activating group) is 1. The first-order valence-electron chi connectivity index (χ1n) is 11.0. The molecule has 2 aliphatic heterocycles. The average molecular weight is 536 g/mol. The summed E-state index contributed by atoms with van der Waals surface area (Å²) in [4.78, 5) is 16.3. The molecule has 0 spiro atoms. The number of halogens is 9. The number of anilines is 1. The van der Waals surface area contributed by atoms with Gasteiger partial charge in [0.1, 0.15) is 0 Å². The van der Waals surface area contributed by atoms with Crippen molar-refractivity contribution in [3.8, 4) is 0 Å². The first-order valence-corrected chi connectivity index (χ1v) is 11.0. The fourth-order valence-electron chi connectivity index (χ4n) is 4.21. The van der Waals surface area contributed by atoms with Crippen molar-refractivity contribution in [2.45, 2.75) is 43.6 Å². The molecule has 2 heterocycles. The van der Waals surface area contributed by atoms with Crippen LogP contribution in [-0.2, 0) is 17.5 Å². The molecule has 36 heavy (non-hydrogen) atoms. The van der Waals surface area contributed by atoms with Gasteiger partial charge in [0.25, 0.3) is 6.10 Å². The standard InChI is InChI=1S/C21H25F9N4O2/c1-31-15-4-5-34(12-15)16-10-14(19(22,23)24)3-2-13(16)11-32-6-8-33(9-7-32)18(35)36-17(20(25,26)27)21(28,29)30/h2-3,10,15,17,31H,4-9,11-12H2,1H3. The van der Waals surface area contributed by atoms with E-state index in [9.17, 15) is 44.3 Å². The van der Waals surface area contributed by atoms with Crippen LogP contribution in [0.25, 0.3) is 0 Å². The van der Waals surface area contributed by atoms with E-state index in [1.54, 1.807) is 11.9 Å². The molecule has 3 rings (SSSR count). The van der Waals surface area contributed by atoms with Gasteiger partial charge in [0.05, 0.1) is 5.56 Å². The molecule has 0 saturated carbocycles.